The van der Waals surface area contributed by atoms with E-state index < -0.39 is 10.0 Å². The van der Waals surface area contributed by atoms with Gasteiger partial charge in [-0.3, -0.25) is 0 Å². The lowest BCUT2D eigenvalue weighted by atomic mass is 10.1. The number of hydrogen-bond acceptors (Lipinski definition) is 3. The highest BCUT2D eigenvalue weighted by atomic mass is 32.2. The third-order valence-corrected chi connectivity index (χ3v) is 5.42. The Morgan fingerprint density at radius 2 is 1.84 bits per heavy atom. The molecule has 1 heterocycles. The predicted molar refractivity (Wildman–Crippen MR) is 98.0 cm³/mol. The number of hydrogen-bond donors (Lipinski definition) is 1. The van der Waals surface area contributed by atoms with Crippen LogP contribution in [0.4, 0.5) is 0 Å². The number of imidazole rings is 1. The number of nitrogens with one attached hydrogen (secondary N) is 1. The van der Waals surface area contributed by atoms with Gasteiger partial charge in [0.25, 0.3) is 0 Å². The maximum atomic E-state index is 12.5. The van der Waals surface area contributed by atoms with Gasteiger partial charge in [-0.15, -0.1) is 0 Å². The van der Waals surface area contributed by atoms with Gasteiger partial charge in [0.05, 0.1) is 16.9 Å². The SMILES string of the molecule is CCCc1ccc(S(=O)(=O)NCc2ccccc2-n2ccnc2)cc1. The minimum Gasteiger partial charge on any atom is -0.306 e. The Morgan fingerprint density at radius 3 is 2.52 bits per heavy atom. The van der Waals surface area contributed by atoms with Gasteiger partial charge in [0.15, 0.2) is 0 Å². The molecule has 1 aromatic heterocycles. The second-order valence-corrected chi connectivity index (χ2v) is 7.58. The van der Waals surface area contributed by atoms with Gasteiger partial charge in [0.1, 0.15) is 0 Å². The maximum absolute atomic E-state index is 12.5. The summed E-state index contributed by atoms with van der Waals surface area (Å²) in [5, 5.41) is 0. The van der Waals surface area contributed by atoms with E-state index in [1.54, 1.807) is 24.7 Å². The summed E-state index contributed by atoms with van der Waals surface area (Å²) in [4.78, 5) is 4.33. The Morgan fingerprint density at radius 1 is 1.08 bits per heavy atom. The maximum Gasteiger partial charge on any atom is 0.240 e. The van der Waals surface area contributed by atoms with Crippen molar-refractivity contribution in [3.63, 3.8) is 0 Å². The van der Waals surface area contributed by atoms with Gasteiger partial charge < -0.3 is 4.57 Å². The second-order valence-electron chi connectivity index (χ2n) is 5.82. The average Bonchev–Trinajstić information content (AvgIpc) is 3.16. The fourth-order valence-corrected chi connectivity index (χ4v) is 3.70. The molecular formula is C19H21N3O2S. The first kappa shape index (κ1) is 17.4. The Balaban J connectivity index is 1.77. The lowest BCUT2D eigenvalue weighted by molar-refractivity contribution is 0.581. The molecule has 0 aliphatic carbocycles. The molecule has 0 aliphatic rings. The molecule has 3 aromatic rings. The van der Waals surface area contributed by atoms with Crippen LogP contribution in [0.25, 0.3) is 5.69 Å². The summed E-state index contributed by atoms with van der Waals surface area (Å²) in [5.41, 5.74) is 2.93. The van der Waals surface area contributed by atoms with Crippen LogP contribution in [0.3, 0.4) is 0 Å². The summed E-state index contributed by atoms with van der Waals surface area (Å²) < 4.78 is 29.6. The molecular weight excluding hydrogens is 334 g/mol. The van der Waals surface area contributed by atoms with Gasteiger partial charge in [-0.1, -0.05) is 43.7 Å². The largest absolute Gasteiger partial charge is 0.306 e. The molecule has 3 rings (SSSR count). The molecule has 0 atom stereocenters. The van der Waals surface area contributed by atoms with Crippen molar-refractivity contribution >= 4 is 10.0 Å². The van der Waals surface area contributed by atoms with Crippen LogP contribution in [-0.4, -0.2) is 18.0 Å². The third kappa shape index (κ3) is 4.15. The minimum atomic E-state index is -3.55. The smallest absolute Gasteiger partial charge is 0.240 e. The van der Waals surface area contributed by atoms with Crippen LogP contribution in [0.1, 0.15) is 24.5 Å². The molecule has 2 aromatic carbocycles. The van der Waals surface area contributed by atoms with Crippen LogP contribution >= 0.6 is 0 Å². The molecule has 6 heteroatoms. The number of aromatic nitrogens is 2. The summed E-state index contributed by atoms with van der Waals surface area (Å²) in [6, 6.07) is 14.7. The first-order valence-corrected chi connectivity index (χ1v) is 9.73. The molecule has 0 bridgehead atoms. The summed E-state index contributed by atoms with van der Waals surface area (Å²) >= 11 is 0. The monoisotopic (exact) mass is 355 g/mol. The second kappa shape index (κ2) is 7.63. The van der Waals surface area contributed by atoms with E-state index in [4.69, 9.17) is 0 Å². The van der Waals surface area contributed by atoms with Crippen molar-refractivity contribution in [2.24, 2.45) is 0 Å². The topological polar surface area (TPSA) is 64.0 Å². The lowest BCUT2D eigenvalue weighted by Crippen LogP contribution is -2.23. The van der Waals surface area contributed by atoms with E-state index in [0.717, 1.165) is 29.7 Å². The van der Waals surface area contributed by atoms with E-state index in [9.17, 15) is 8.42 Å². The lowest BCUT2D eigenvalue weighted by Gasteiger charge is -2.12. The molecule has 0 fully saturated rings. The standard InChI is InChI=1S/C19H21N3O2S/c1-2-5-16-8-10-18(11-9-16)25(23,24)21-14-17-6-3-4-7-19(17)22-13-12-20-15-22/h3-4,6-13,15,21H,2,5,14H2,1H3. The zero-order valence-corrected chi connectivity index (χ0v) is 14.9. The number of benzene rings is 2. The summed E-state index contributed by atoms with van der Waals surface area (Å²) in [6.07, 6.45) is 7.21. The van der Waals surface area contributed by atoms with Crippen molar-refractivity contribution in [1.82, 2.24) is 14.3 Å². The summed E-state index contributed by atoms with van der Waals surface area (Å²) in [5.74, 6) is 0. The van der Waals surface area contributed by atoms with E-state index in [2.05, 4.69) is 16.6 Å². The molecule has 0 spiro atoms. The molecule has 5 nitrogen and oxygen atoms in total. The highest BCUT2D eigenvalue weighted by Crippen LogP contribution is 2.16. The van der Waals surface area contributed by atoms with Crippen molar-refractivity contribution in [3.05, 3.63) is 78.4 Å². The molecule has 25 heavy (non-hydrogen) atoms. The summed E-state index contributed by atoms with van der Waals surface area (Å²) in [7, 11) is -3.55. The van der Waals surface area contributed by atoms with Gasteiger partial charge in [-0.05, 0) is 35.7 Å². The fourth-order valence-electron chi connectivity index (χ4n) is 2.69. The Bertz CT molecular complexity index is 918. The van der Waals surface area contributed by atoms with Crippen LogP contribution in [0, 0.1) is 0 Å². The number of nitrogens with zero attached hydrogens (tertiary/aromatic N) is 2. The Labute approximate surface area is 148 Å². The van der Waals surface area contributed by atoms with E-state index >= 15 is 0 Å². The van der Waals surface area contributed by atoms with E-state index in [0.29, 0.717) is 0 Å². The number of aryl methyl sites for hydroxylation is 1. The van der Waals surface area contributed by atoms with Crippen LogP contribution < -0.4 is 4.72 Å². The van der Waals surface area contributed by atoms with Crippen molar-refractivity contribution in [2.75, 3.05) is 0 Å². The van der Waals surface area contributed by atoms with Gasteiger partial charge >= 0.3 is 0 Å². The van der Waals surface area contributed by atoms with Crippen molar-refractivity contribution < 1.29 is 8.42 Å². The van der Waals surface area contributed by atoms with Crippen LogP contribution in [-0.2, 0) is 23.0 Å². The highest BCUT2D eigenvalue weighted by molar-refractivity contribution is 7.89. The van der Waals surface area contributed by atoms with Crippen LogP contribution in [0.15, 0.2) is 72.1 Å². The molecule has 0 saturated carbocycles. The fraction of sp³-hybridized carbons (Fsp3) is 0.211. The normalized spacial score (nSPS) is 11.6. The quantitative estimate of drug-likeness (QED) is 0.707. The molecule has 0 aliphatic heterocycles. The zero-order valence-electron chi connectivity index (χ0n) is 14.1. The minimum absolute atomic E-state index is 0.216. The molecule has 0 amide bonds. The van der Waals surface area contributed by atoms with Crippen molar-refractivity contribution in [3.8, 4) is 5.69 Å². The average molecular weight is 355 g/mol. The van der Waals surface area contributed by atoms with Gasteiger partial charge in [0.2, 0.25) is 10.0 Å². The Hall–Kier alpha value is -2.44. The van der Waals surface area contributed by atoms with Crippen molar-refractivity contribution in [1.29, 1.82) is 0 Å². The van der Waals surface area contributed by atoms with Gasteiger partial charge in [-0.2, -0.15) is 0 Å². The van der Waals surface area contributed by atoms with Gasteiger partial charge in [0, 0.05) is 18.9 Å². The molecule has 130 valence electrons. The number of para-hydroxylation sites is 1. The first-order valence-electron chi connectivity index (χ1n) is 8.25. The number of sulfonamides is 1. The van der Waals surface area contributed by atoms with Crippen LogP contribution in [0.2, 0.25) is 0 Å². The predicted octanol–water partition coefficient (Wildman–Crippen LogP) is 3.30. The van der Waals surface area contributed by atoms with E-state index in [1.165, 1.54) is 0 Å². The molecule has 1 N–H and O–H groups in total. The Kier molecular flexibility index (Phi) is 5.31. The highest BCUT2D eigenvalue weighted by Gasteiger charge is 2.14. The van der Waals surface area contributed by atoms with E-state index in [1.807, 2.05) is 47.2 Å². The molecule has 0 saturated heterocycles. The van der Waals surface area contributed by atoms with E-state index in [-0.39, 0.29) is 11.4 Å². The third-order valence-electron chi connectivity index (χ3n) is 4.00. The zero-order chi connectivity index (χ0) is 17.7. The molecule has 0 unspecified atom stereocenters. The van der Waals surface area contributed by atoms with Crippen molar-refractivity contribution in [2.45, 2.75) is 31.2 Å². The van der Waals surface area contributed by atoms with Crippen LogP contribution in [0.5, 0.6) is 0 Å². The summed E-state index contributed by atoms with van der Waals surface area (Å²) in [6.45, 7) is 2.32. The number of rotatable bonds is 7. The first-order chi connectivity index (χ1) is 12.1. The van der Waals surface area contributed by atoms with Gasteiger partial charge in [-0.25, -0.2) is 18.1 Å². The molecule has 0 radical (unpaired) electrons.